The van der Waals surface area contributed by atoms with Gasteiger partial charge in [0, 0.05) is 68.2 Å². The maximum atomic E-state index is 14.7. The highest BCUT2D eigenvalue weighted by atomic mass is 32.1. The number of piperidine rings is 1. The number of unbranched alkanes of at least 4 members (excludes halogenated alkanes) is 3. The second-order valence-electron chi connectivity index (χ2n) is 21.2. The Balaban J connectivity index is 1.44. The molecule has 2 aliphatic rings. The van der Waals surface area contributed by atoms with Gasteiger partial charge in [-0.1, -0.05) is 59.6 Å². The van der Waals surface area contributed by atoms with E-state index in [-0.39, 0.29) is 79.3 Å². The number of imide groups is 1. The second-order valence-corrected chi connectivity index (χ2v) is 22.1. The molecule has 426 valence electrons. The number of nitrogens with zero attached hydrogens (tertiary/aromatic N) is 4. The van der Waals surface area contributed by atoms with Gasteiger partial charge in [-0.25, -0.2) is 4.98 Å². The summed E-state index contributed by atoms with van der Waals surface area (Å²) in [6, 6.07) is 4.15. The number of likely N-dealkylation sites (tertiary alicyclic amines) is 1. The second kappa shape index (κ2) is 30.8. The molecule has 20 nitrogen and oxygen atoms in total. The lowest BCUT2D eigenvalue weighted by atomic mass is 9.86. The Morgan fingerprint density at radius 2 is 1.60 bits per heavy atom. The van der Waals surface area contributed by atoms with E-state index >= 15 is 0 Å². The van der Waals surface area contributed by atoms with Crippen molar-refractivity contribution < 1.29 is 53.0 Å². The summed E-state index contributed by atoms with van der Waals surface area (Å²) in [7, 11) is 1.94. The van der Waals surface area contributed by atoms with Gasteiger partial charge in [0.15, 0.2) is 6.10 Å². The molecule has 7 amide bonds. The van der Waals surface area contributed by atoms with Crippen molar-refractivity contribution >= 4 is 70.3 Å². The maximum absolute atomic E-state index is 14.7. The smallest absolute Gasteiger partial charge is 0.306 e. The lowest BCUT2D eigenvalue weighted by molar-refractivity contribution is -0.150. The quantitative estimate of drug-likeness (QED) is 0.0283. The van der Waals surface area contributed by atoms with Gasteiger partial charge in [-0.05, 0) is 128 Å². The number of hydrogen-bond donors (Lipinski definition) is 6. The van der Waals surface area contributed by atoms with Crippen LogP contribution < -0.4 is 27.0 Å². The van der Waals surface area contributed by atoms with Crippen molar-refractivity contribution in [2.75, 3.05) is 38.5 Å². The molecule has 8 atom stereocenters. The van der Waals surface area contributed by atoms with Gasteiger partial charge in [-0.2, -0.15) is 0 Å². The Hall–Kier alpha value is -6.06. The van der Waals surface area contributed by atoms with Crippen LogP contribution in [0.15, 0.2) is 41.8 Å². The third-order valence-electron chi connectivity index (χ3n) is 15.0. The summed E-state index contributed by atoms with van der Waals surface area (Å²) in [6.07, 6.45) is 8.72. The van der Waals surface area contributed by atoms with Gasteiger partial charge in [-0.15, -0.1) is 11.3 Å². The van der Waals surface area contributed by atoms with Crippen molar-refractivity contribution in [3.63, 3.8) is 0 Å². The molecule has 1 aromatic heterocycles. The fourth-order valence-corrected chi connectivity index (χ4v) is 10.6. The van der Waals surface area contributed by atoms with Gasteiger partial charge in [-0.3, -0.25) is 53.0 Å². The van der Waals surface area contributed by atoms with E-state index in [1.54, 1.807) is 41.5 Å². The van der Waals surface area contributed by atoms with E-state index in [0.29, 0.717) is 75.2 Å². The predicted octanol–water partition coefficient (Wildman–Crippen LogP) is 5.91. The van der Waals surface area contributed by atoms with Crippen molar-refractivity contribution in [2.45, 2.75) is 181 Å². The summed E-state index contributed by atoms with van der Waals surface area (Å²) < 4.78 is 5.88. The SMILES string of the molecule is CC[C@H](C)[C@H](NC(=O)[C@@]1(C)CCCCN1C)C(=O)N(CC)[C@H](C[C@@H](OC(C)=O)c1nc(C(=O)N[C@@H](Cc2ccc(NC(=O)[C@H](CCCCN)NC(=O)CCCCCN3C(=O)C=CC3=O)cc2)C[C@H](C)C(=O)O)cs1)C(C)C. The van der Waals surface area contributed by atoms with Crippen molar-refractivity contribution in [1.29, 1.82) is 0 Å². The molecule has 3 heterocycles. The topological polar surface area (TPSA) is 280 Å². The summed E-state index contributed by atoms with van der Waals surface area (Å²) in [4.78, 5) is 127. The third kappa shape index (κ3) is 18.8. The van der Waals surface area contributed by atoms with Crippen molar-refractivity contribution in [2.24, 2.45) is 23.5 Å². The first-order chi connectivity index (χ1) is 36.5. The predicted molar refractivity (Wildman–Crippen MR) is 294 cm³/mol. The third-order valence-corrected chi connectivity index (χ3v) is 15.9. The zero-order valence-electron chi connectivity index (χ0n) is 46.7. The van der Waals surface area contributed by atoms with Crippen LogP contribution in [0.25, 0.3) is 0 Å². The Labute approximate surface area is 458 Å². The number of ether oxygens (including phenoxy) is 1. The molecule has 1 saturated heterocycles. The number of thiazole rings is 1. The molecule has 0 spiro atoms. The number of anilines is 1. The van der Waals surface area contributed by atoms with Crippen LogP contribution in [0.4, 0.5) is 5.69 Å². The van der Waals surface area contributed by atoms with Crippen LogP contribution in [0, 0.1) is 17.8 Å². The molecule has 4 rings (SSSR count). The van der Waals surface area contributed by atoms with Gasteiger partial charge < -0.3 is 41.7 Å². The highest BCUT2D eigenvalue weighted by Crippen LogP contribution is 2.33. The molecule has 0 bridgehead atoms. The first-order valence-electron chi connectivity index (χ1n) is 27.4. The van der Waals surface area contributed by atoms with Crippen LogP contribution in [-0.4, -0.2) is 141 Å². The lowest BCUT2D eigenvalue weighted by Crippen LogP contribution is -2.63. The van der Waals surface area contributed by atoms with E-state index in [2.05, 4.69) is 31.2 Å². The van der Waals surface area contributed by atoms with Crippen LogP contribution in [0.5, 0.6) is 0 Å². The fraction of sp³-hybridized carbons (Fsp3) is 0.643. The number of aromatic nitrogens is 1. The zero-order chi connectivity index (χ0) is 57.0. The van der Waals surface area contributed by atoms with Gasteiger partial charge in [0.2, 0.25) is 23.6 Å². The number of carbonyl (C=O) groups excluding carboxylic acids is 8. The zero-order valence-corrected chi connectivity index (χ0v) is 47.5. The summed E-state index contributed by atoms with van der Waals surface area (Å²) in [5.74, 6) is -5.11. The van der Waals surface area contributed by atoms with Crippen LogP contribution >= 0.6 is 11.3 Å². The molecule has 0 saturated carbocycles. The number of carboxylic acid groups (broad SMARTS) is 1. The monoisotopic (exact) mass is 1090 g/mol. The van der Waals surface area contributed by atoms with E-state index in [1.165, 1.54) is 19.1 Å². The van der Waals surface area contributed by atoms with E-state index in [0.717, 1.165) is 41.2 Å². The van der Waals surface area contributed by atoms with Crippen LogP contribution in [0.3, 0.4) is 0 Å². The minimum Gasteiger partial charge on any atom is -0.481 e. The van der Waals surface area contributed by atoms with Crippen LogP contribution in [0.1, 0.15) is 166 Å². The Morgan fingerprint density at radius 1 is 0.909 bits per heavy atom. The van der Waals surface area contributed by atoms with E-state index < -0.39 is 65.5 Å². The first kappa shape index (κ1) is 63.5. The number of aliphatic carboxylic acids is 1. The normalized spacial score (nSPS) is 18.4. The highest BCUT2D eigenvalue weighted by Gasteiger charge is 2.43. The van der Waals surface area contributed by atoms with E-state index in [4.69, 9.17) is 10.5 Å². The number of hydrogen-bond acceptors (Lipinski definition) is 14. The molecule has 77 heavy (non-hydrogen) atoms. The Kier molecular flexibility index (Phi) is 25.4. The van der Waals surface area contributed by atoms with Crippen molar-refractivity contribution in [1.82, 2.24) is 35.6 Å². The molecule has 0 aliphatic carbocycles. The number of rotatable bonds is 32. The summed E-state index contributed by atoms with van der Waals surface area (Å²) >= 11 is 1.13. The summed E-state index contributed by atoms with van der Waals surface area (Å²) in [5.41, 5.74) is 6.19. The van der Waals surface area contributed by atoms with Crippen LogP contribution in [0.2, 0.25) is 0 Å². The molecule has 0 unspecified atom stereocenters. The number of esters is 1. The first-order valence-corrected chi connectivity index (χ1v) is 28.3. The van der Waals surface area contributed by atoms with E-state index in [9.17, 15) is 48.3 Å². The molecule has 7 N–H and O–H groups in total. The van der Waals surface area contributed by atoms with Gasteiger partial charge in [0.1, 0.15) is 22.8 Å². The average molecular weight is 1090 g/mol. The fourth-order valence-electron chi connectivity index (χ4n) is 9.80. The van der Waals surface area contributed by atoms with Crippen LogP contribution in [-0.2, 0) is 49.5 Å². The molecule has 21 heteroatoms. The summed E-state index contributed by atoms with van der Waals surface area (Å²) in [5, 5.41) is 23.6. The van der Waals surface area contributed by atoms with Gasteiger partial charge in [0.05, 0.1) is 11.5 Å². The van der Waals surface area contributed by atoms with Crippen molar-refractivity contribution in [3.05, 3.63) is 58.1 Å². The average Bonchev–Trinajstić information content (AvgIpc) is 4.01. The highest BCUT2D eigenvalue weighted by molar-refractivity contribution is 7.09. The molecule has 1 fully saturated rings. The Morgan fingerprint density at radius 3 is 2.19 bits per heavy atom. The minimum atomic E-state index is -1.04. The van der Waals surface area contributed by atoms with E-state index in [1.807, 2.05) is 48.6 Å². The maximum Gasteiger partial charge on any atom is 0.306 e. The molecule has 0 radical (unpaired) electrons. The molecule has 2 aliphatic heterocycles. The number of nitrogens with two attached hydrogens (primary N) is 1. The number of likely N-dealkylation sites (N-methyl/N-ethyl adjacent to an activating group) is 2. The number of nitrogens with one attached hydrogen (secondary N) is 4. The standard InChI is InChI=1S/C56H85N9O11S/c1-10-36(5)49(62-55(75)56(8)27-15-18-29-63(56)9)53(72)64(11-2)44(35(3)4)33-45(76-38(7)66)52-61-43(34-77-52)51(71)59-41(31-37(6)54(73)74)32-39-21-23-40(24-22-39)58-50(70)42(19-14-16-28-57)60-46(67)20-13-12-17-30-65-47(68)25-26-48(65)69/h21-26,34-37,41-42,44-45,49H,10-20,27-33,57H2,1-9H3,(H,58,70)(H,59,71)(H,60,67)(H,62,75)(H,73,74)/t36-,37-,41+,42-,44+,45+,49-,56+/m0/s1. The number of carboxylic acids is 1. The number of amides is 7. The molecule has 1 aromatic carbocycles. The Bertz CT molecular complexity index is 2360. The minimum absolute atomic E-state index is 0.0391. The van der Waals surface area contributed by atoms with Gasteiger partial charge >= 0.3 is 11.9 Å². The van der Waals surface area contributed by atoms with Crippen molar-refractivity contribution in [3.8, 4) is 0 Å². The number of benzene rings is 1. The molecule has 2 aromatic rings. The lowest BCUT2D eigenvalue weighted by Gasteiger charge is -2.43. The number of carbonyl (C=O) groups is 9. The molecular weight excluding hydrogens is 1010 g/mol. The molecular formula is C56H85N9O11S. The summed E-state index contributed by atoms with van der Waals surface area (Å²) in [6.45, 7) is 16.3. The largest absolute Gasteiger partial charge is 0.481 e. The van der Waals surface area contributed by atoms with Gasteiger partial charge in [0.25, 0.3) is 17.7 Å².